The number of aryl methyl sites for hydroxylation is 1. The van der Waals surface area contributed by atoms with Gasteiger partial charge < -0.3 is 9.30 Å². The molecule has 28 heavy (non-hydrogen) atoms. The third-order valence-electron chi connectivity index (χ3n) is 4.56. The van der Waals surface area contributed by atoms with E-state index in [1.807, 2.05) is 19.9 Å². The highest BCUT2D eigenvalue weighted by atomic mass is 32.2. The zero-order valence-corrected chi connectivity index (χ0v) is 17.1. The van der Waals surface area contributed by atoms with E-state index in [-0.39, 0.29) is 23.4 Å². The van der Waals surface area contributed by atoms with E-state index in [1.54, 1.807) is 25.3 Å². The first-order chi connectivity index (χ1) is 13.4. The van der Waals surface area contributed by atoms with Crippen molar-refractivity contribution in [1.82, 2.24) is 19.7 Å². The molecule has 0 saturated heterocycles. The average molecular weight is 402 g/mol. The van der Waals surface area contributed by atoms with E-state index in [2.05, 4.69) is 26.7 Å². The predicted molar refractivity (Wildman–Crippen MR) is 107 cm³/mol. The number of methoxy groups -OCH3 is 1. The first-order valence-electron chi connectivity index (χ1n) is 8.93. The molecular formula is C20H23FN4O2S. The third kappa shape index (κ3) is 4.18. The fraction of sp³-hybridized carbons (Fsp3) is 0.350. The second-order valence-electron chi connectivity index (χ2n) is 6.62. The van der Waals surface area contributed by atoms with Crippen LogP contribution in [0.15, 0.2) is 35.5 Å². The summed E-state index contributed by atoms with van der Waals surface area (Å²) in [5.41, 5.74) is 2.99. The summed E-state index contributed by atoms with van der Waals surface area (Å²) in [5, 5.41) is 7.22. The summed E-state index contributed by atoms with van der Waals surface area (Å²) in [7, 11) is 1.67. The molecule has 0 unspecified atom stereocenters. The number of benzene rings is 1. The van der Waals surface area contributed by atoms with Crippen LogP contribution in [0.5, 0.6) is 0 Å². The van der Waals surface area contributed by atoms with Gasteiger partial charge in [0.1, 0.15) is 5.82 Å². The summed E-state index contributed by atoms with van der Waals surface area (Å²) < 4.78 is 21.2. The van der Waals surface area contributed by atoms with Crippen molar-refractivity contribution in [2.45, 2.75) is 32.0 Å². The molecule has 0 aliphatic rings. The number of H-pyrrole nitrogens is 1. The van der Waals surface area contributed by atoms with Crippen molar-refractivity contribution in [3.63, 3.8) is 0 Å². The minimum absolute atomic E-state index is 0.00575. The summed E-state index contributed by atoms with van der Waals surface area (Å²) in [6.07, 6.45) is 0. The van der Waals surface area contributed by atoms with Crippen LogP contribution in [-0.4, -0.2) is 45.0 Å². The van der Waals surface area contributed by atoms with E-state index in [4.69, 9.17) is 4.74 Å². The second-order valence-corrected chi connectivity index (χ2v) is 7.56. The number of aromatic nitrogens is 4. The van der Waals surface area contributed by atoms with Crippen LogP contribution in [0.4, 0.5) is 4.39 Å². The van der Waals surface area contributed by atoms with Crippen LogP contribution in [0.25, 0.3) is 11.4 Å². The molecule has 0 amide bonds. The number of ketones is 1. The number of aromatic amines is 1. The molecule has 0 aliphatic heterocycles. The zero-order chi connectivity index (χ0) is 20.3. The number of Topliss-reactive ketones (excluding diaryl/α,β-unsaturated/α-hetero) is 1. The van der Waals surface area contributed by atoms with E-state index in [9.17, 15) is 9.18 Å². The predicted octanol–water partition coefficient (Wildman–Crippen LogP) is 4.21. The van der Waals surface area contributed by atoms with E-state index in [0.717, 1.165) is 11.4 Å². The number of carbonyl (C=O) groups excluding carboxylic acids is 1. The number of nitrogens with zero attached hydrogens (tertiary/aromatic N) is 3. The number of hydrogen-bond donors (Lipinski definition) is 1. The monoisotopic (exact) mass is 402 g/mol. The molecule has 2 heterocycles. The molecule has 2 aromatic heterocycles. The first-order valence-corrected chi connectivity index (χ1v) is 9.91. The van der Waals surface area contributed by atoms with Crippen LogP contribution in [0.2, 0.25) is 0 Å². The smallest absolute Gasteiger partial charge is 0.209 e. The lowest BCUT2D eigenvalue weighted by Gasteiger charge is -2.17. The SMILES string of the molecule is COC[C@H](C)n1c(C)cc(C(=O)CSc2n[nH]c(-c3ccccc3F)n2)c1C. The summed E-state index contributed by atoms with van der Waals surface area (Å²) in [5.74, 6) is 0.187. The summed E-state index contributed by atoms with van der Waals surface area (Å²) in [4.78, 5) is 17.0. The van der Waals surface area contributed by atoms with Gasteiger partial charge in [-0.15, -0.1) is 5.10 Å². The normalized spacial score (nSPS) is 12.3. The topological polar surface area (TPSA) is 72.8 Å². The summed E-state index contributed by atoms with van der Waals surface area (Å²) in [6, 6.07) is 8.41. The molecule has 6 nitrogen and oxygen atoms in total. The molecule has 0 aliphatic carbocycles. The molecule has 0 saturated carbocycles. The molecule has 0 fully saturated rings. The second kappa shape index (κ2) is 8.70. The Bertz CT molecular complexity index is 982. The van der Waals surface area contributed by atoms with Gasteiger partial charge in [-0.25, -0.2) is 9.37 Å². The minimum Gasteiger partial charge on any atom is -0.383 e. The van der Waals surface area contributed by atoms with Gasteiger partial charge in [0, 0.05) is 24.1 Å². The fourth-order valence-corrected chi connectivity index (χ4v) is 4.03. The number of nitrogens with one attached hydrogen (secondary N) is 1. The lowest BCUT2D eigenvalue weighted by atomic mass is 10.2. The van der Waals surface area contributed by atoms with Gasteiger partial charge in [-0.2, -0.15) is 0 Å². The van der Waals surface area contributed by atoms with Gasteiger partial charge >= 0.3 is 0 Å². The number of thioether (sulfide) groups is 1. The van der Waals surface area contributed by atoms with E-state index in [0.29, 0.717) is 28.7 Å². The Hall–Kier alpha value is -2.45. The highest BCUT2D eigenvalue weighted by molar-refractivity contribution is 7.99. The quantitative estimate of drug-likeness (QED) is 0.451. The Balaban J connectivity index is 1.70. The molecule has 0 spiro atoms. The van der Waals surface area contributed by atoms with Crippen molar-refractivity contribution >= 4 is 17.5 Å². The molecular weight excluding hydrogens is 379 g/mol. The van der Waals surface area contributed by atoms with Crippen molar-refractivity contribution < 1.29 is 13.9 Å². The van der Waals surface area contributed by atoms with Crippen LogP contribution in [0.3, 0.4) is 0 Å². The number of halogens is 1. The van der Waals surface area contributed by atoms with Gasteiger partial charge in [-0.3, -0.25) is 9.89 Å². The fourth-order valence-electron chi connectivity index (χ4n) is 3.35. The lowest BCUT2D eigenvalue weighted by molar-refractivity contribution is 0.102. The van der Waals surface area contributed by atoms with Crippen molar-refractivity contribution in [3.05, 3.63) is 53.1 Å². The van der Waals surface area contributed by atoms with Crippen molar-refractivity contribution in [3.8, 4) is 11.4 Å². The van der Waals surface area contributed by atoms with Gasteiger partial charge in [-0.1, -0.05) is 23.9 Å². The maximum atomic E-state index is 13.9. The molecule has 0 radical (unpaired) electrons. The molecule has 0 bridgehead atoms. The number of rotatable bonds is 8. The molecule has 1 atom stereocenters. The average Bonchev–Trinajstić information content (AvgIpc) is 3.24. The van der Waals surface area contributed by atoms with E-state index in [1.165, 1.54) is 17.8 Å². The maximum absolute atomic E-state index is 13.9. The van der Waals surface area contributed by atoms with Gasteiger partial charge in [0.15, 0.2) is 11.6 Å². The highest BCUT2D eigenvalue weighted by Gasteiger charge is 2.19. The Morgan fingerprint density at radius 1 is 1.36 bits per heavy atom. The van der Waals surface area contributed by atoms with E-state index >= 15 is 0 Å². The Kier molecular flexibility index (Phi) is 6.31. The van der Waals surface area contributed by atoms with E-state index < -0.39 is 0 Å². The molecule has 1 aromatic carbocycles. The van der Waals surface area contributed by atoms with Crippen molar-refractivity contribution in [2.75, 3.05) is 19.5 Å². The lowest BCUT2D eigenvalue weighted by Crippen LogP contribution is -2.14. The maximum Gasteiger partial charge on any atom is 0.209 e. The van der Waals surface area contributed by atoms with Gasteiger partial charge in [0.05, 0.1) is 24.0 Å². The van der Waals surface area contributed by atoms with Crippen LogP contribution < -0.4 is 0 Å². The molecule has 3 aromatic rings. The highest BCUT2D eigenvalue weighted by Crippen LogP contribution is 2.25. The first kappa shape index (κ1) is 20.3. The largest absolute Gasteiger partial charge is 0.383 e. The molecule has 3 rings (SSSR count). The van der Waals surface area contributed by atoms with Crippen LogP contribution in [0, 0.1) is 19.7 Å². The van der Waals surface area contributed by atoms with Crippen LogP contribution >= 0.6 is 11.8 Å². The Labute approximate surface area is 167 Å². The number of carbonyl (C=O) groups is 1. The number of ether oxygens (including phenoxy) is 1. The molecule has 8 heteroatoms. The number of hydrogen-bond acceptors (Lipinski definition) is 5. The molecule has 148 valence electrons. The summed E-state index contributed by atoms with van der Waals surface area (Å²) >= 11 is 1.23. The van der Waals surface area contributed by atoms with Crippen molar-refractivity contribution in [2.24, 2.45) is 0 Å². The zero-order valence-electron chi connectivity index (χ0n) is 16.3. The Morgan fingerprint density at radius 2 is 2.11 bits per heavy atom. The minimum atomic E-state index is -0.371. The van der Waals surface area contributed by atoms with Crippen LogP contribution in [-0.2, 0) is 4.74 Å². The Morgan fingerprint density at radius 3 is 2.82 bits per heavy atom. The van der Waals surface area contributed by atoms with Gasteiger partial charge in [0.2, 0.25) is 5.16 Å². The standard InChI is InChI=1S/C20H23FN4O2S/c1-12-9-16(14(3)25(12)13(2)10-27-4)18(26)11-28-20-22-19(23-24-20)15-7-5-6-8-17(15)21/h5-9,13H,10-11H2,1-4H3,(H,22,23,24)/t13-/m0/s1. The van der Waals surface area contributed by atoms with Crippen molar-refractivity contribution in [1.29, 1.82) is 0 Å². The summed E-state index contributed by atoms with van der Waals surface area (Å²) in [6.45, 7) is 6.57. The van der Waals surface area contributed by atoms with Crippen LogP contribution in [0.1, 0.15) is 34.7 Å². The van der Waals surface area contributed by atoms with Gasteiger partial charge in [0.25, 0.3) is 0 Å². The third-order valence-corrected chi connectivity index (χ3v) is 5.41. The van der Waals surface area contributed by atoms with Gasteiger partial charge in [-0.05, 0) is 39.0 Å². The molecule has 1 N–H and O–H groups in total.